The highest BCUT2D eigenvalue weighted by molar-refractivity contribution is 7.92. The van der Waals surface area contributed by atoms with E-state index in [0.717, 1.165) is 6.26 Å². The lowest BCUT2D eigenvalue weighted by molar-refractivity contribution is 0.407. The Morgan fingerprint density at radius 2 is 2.11 bits per heavy atom. The van der Waals surface area contributed by atoms with Crippen LogP contribution in [0.4, 0.5) is 5.82 Å². The number of nitrogens with one attached hydrogen (secondary N) is 2. The molecule has 7 nitrogen and oxygen atoms in total. The molecule has 0 aliphatic heterocycles. The fourth-order valence-electron chi connectivity index (χ4n) is 1.13. The predicted octanol–water partition coefficient (Wildman–Crippen LogP) is 0.0136. The monoisotopic (exact) mass is 275 g/mol. The van der Waals surface area contributed by atoms with Crippen LogP contribution in [0.25, 0.3) is 0 Å². The molecule has 0 saturated heterocycles. The van der Waals surface area contributed by atoms with Gasteiger partial charge in [0.25, 0.3) is 5.56 Å². The van der Waals surface area contributed by atoms with Gasteiger partial charge < -0.3 is 15.0 Å². The molecule has 0 amide bonds. The number of ether oxygens (including phenoxy) is 1. The van der Waals surface area contributed by atoms with E-state index in [1.165, 1.54) is 13.4 Å². The first-order valence-electron chi connectivity index (χ1n) is 5.24. The number of nitrogens with zero attached hydrogens (tertiary/aromatic N) is 1. The lowest BCUT2D eigenvalue weighted by Crippen LogP contribution is -2.38. The van der Waals surface area contributed by atoms with E-state index in [0.29, 0.717) is 0 Å². The second-order valence-corrected chi connectivity index (χ2v) is 7.15. The number of aromatic nitrogens is 2. The van der Waals surface area contributed by atoms with Gasteiger partial charge in [0.1, 0.15) is 0 Å². The van der Waals surface area contributed by atoms with Crippen LogP contribution in [-0.4, -0.2) is 43.0 Å². The van der Waals surface area contributed by atoms with Crippen molar-refractivity contribution >= 4 is 15.7 Å². The molecule has 0 spiro atoms. The van der Waals surface area contributed by atoms with Gasteiger partial charge >= 0.3 is 0 Å². The van der Waals surface area contributed by atoms with Crippen LogP contribution in [0.2, 0.25) is 0 Å². The van der Waals surface area contributed by atoms with Crippen molar-refractivity contribution < 1.29 is 13.2 Å². The number of H-pyrrole nitrogens is 1. The van der Waals surface area contributed by atoms with Gasteiger partial charge in [-0.2, -0.15) is 0 Å². The van der Waals surface area contributed by atoms with Crippen LogP contribution in [-0.2, 0) is 9.84 Å². The standard InChI is InChI=1S/C10H17N3O4S/c1-10(2,18(4,15)16)5-11-8-7(17-3)9(14)13-6-12-8/h6H,5H2,1-4H3,(H2,11,12,13,14). The van der Waals surface area contributed by atoms with Crippen LogP contribution in [0.15, 0.2) is 11.1 Å². The summed E-state index contributed by atoms with van der Waals surface area (Å²) in [5.41, 5.74) is -0.424. The minimum atomic E-state index is -3.22. The summed E-state index contributed by atoms with van der Waals surface area (Å²) in [6, 6.07) is 0. The average molecular weight is 275 g/mol. The summed E-state index contributed by atoms with van der Waals surface area (Å²) >= 11 is 0. The first-order chi connectivity index (χ1) is 8.19. The lowest BCUT2D eigenvalue weighted by Gasteiger charge is -2.23. The molecular weight excluding hydrogens is 258 g/mol. The first-order valence-corrected chi connectivity index (χ1v) is 7.13. The fourth-order valence-corrected chi connectivity index (χ4v) is 1.46. The Labute approximate surface area is 106 Å². The normalized spacial score (nSPS) is 12.2. The van der Waals surface area contributed by atoms with E-state index in [9.17, 15) is 13.2 Å². The van der Waals surface area contributed by atoms with Crippen LogP contribution in [0.1, 0.15) is 13.8 Å². The van der Waals surface area contributed by atoms with Gasteiger partial charge in [-0.1, -0.05) is 0 Å². The van der Waals surface area contributed by atoms with Gasteiger partial charge in [-0.3, -0.25) is 4.79 Å². The van der Waals surface area contributed by atoms with Crippen molar-refractivity contribution in [2.45, 2.75) is 18.6 Å². The SMILES string of the molecule is COc1c(NCC(C)(C)S(C)(=O)=O)nc[nH]c1=O. The Morgan fingerprint density at radius 1 is 1.50 bits per heavy atom. The van der Waals surface area contributed by atoms with E-state index in [1.54, 1.807) is 13.8 Å². The fraction of sp³-hybridized carbons (Fsp3) is 0.600. The minimum Gasteiger partial charge on any atom is -0.489 e. The molecule has 8 heteroatoms. The van der Waals surface area contributed by atoms with Crippen molar-refractivity contribution in [1.29, 1.82) is 0 Å². The number of aromatic amines is 1. The maximum absolute atomic E-state index is 11.5. The van der Waals surface area contributed by atoms with Crippen molar-refractivity contribution in [3.63, 3.8) is 0 Å². The second kappa shape index (κ2) is 4.97. The van der Waals surface area contributed by atoms with E-state index < -0.39 is 20.1 Å². The van der Waals surface area contributed by atoms with Gasteiger partial charge in [0.15, 0.2) is 15.7 Å². The summed E-state index contributed by atoms with van der Waals surface area (Å²) in [6.45, 7) is 3.31. The number of rotatable bonds is 5. The topological polar surface area (TPSA) is 101 Å². The Bertz CT molecular complexity index is 577. The summed E-state index contributed by atoms with van der Waals surface area (Å²) in [5, 5.41) is 2.82. The number of hydrogen-bond donors (Lipinski definition) is 2. The lowest BCUT2D eigenvalue weighted by atomic mass is 10.2. The van der Waals surface area contributed by atoms with Crippen LogP contribution in [0.5, 0.6) is 5.75 Å². The third-order valence-electron chi connectivity index (χ3n) is 2.70. The molecule has 18 heavy (non-hydrogen) atoms. The van der Waals surface area contributed by atoms with Crippen molar-refractivity contribution in [2.75, 3.05) is 25.2 Å². The van der Waals surface area contributed by atoms with Crippen LogP contribution >= 0.6 is 0 Å². The molecule has 1 rings (SSSR count). The van der Waals surface area contributed by atoms with E-state index in [4.69, 9.17) is 4.74 Å². The summed E-state index contributed by atoms with van der Waals surface area (Å²) in [5.74, 6) is 0.250. The van der Waals surface area contributed by atoms with Gasteiger partial charge in [0.2, 0.25) is 5.75 Å². The maximum Gasteiger partial charge on any atom is 0.295 e. The van der Waals surface area contributed by atoms with Crippen LogP contribution in [0, 0.1) is 0 Å². The minimum absolute atomic E-state index is 0.0294. The molecule has 1 aromatic rings. The Morgan fingerprint density at radius 3 is 2.61 bits per heavy atom. The molecule has 0 saturated carbocycles. The summed E-state index contributed by atoms with van der Waals surface area (Å²) in [6.07, 6.45) is 2.39. The zero-order chi connectivity index (χ0) is 14.0. The summed E-state index contributed by atoms with van der Waals surface area (Å²) < 4.78 is 27.0. The van der Waals surface area contributed by atoms with Gasteiger partial charge in [0, 0.05) is 12.8 Å². The molecule has 2 N–H and O–H groups in total. The molecule has 0 aliphatic carbocycles. The van der Waals surface area contributed by atoms with Crippen molar-refractivity contribution in [3.8, 4) is 5.75 Å². The maximum atomic E-state index is 11.5. The number of anilines is 1. The summed E-state index contributed by atoms with van der Waals surface area (Å²) in [7, 11) is -1.87. The molecule has 1 heterocycles. The highest BCUT2D eigenvalue weighted by atomic mass is 32.2. The molecule has 0 atom stereocenters. The molecule has 1 aromatic heterocycles. The summed E-state index contributed by atoms with van der Waals surface area (Å²) in [4.78, 5) is 17.7. The van der Waals surface area contributed by atoms with E-state index in [2.05, 4.69) is 15.3 Å². The Kier molecular flexibility index (Phi) is 4.00. The van der Waals surface area contributed by atoms with Gasteiger partial charge in [-0.25, -0.2) is 13.4 Å². The molecular formula is C10H17N3O4S. The average Bonchev–Trinajstić information content (AvgIpc) is 2.25. The Hall–Kier alpha value is -1.57. The van der Waals surface area contributed by atoms with Crippen LogP contribution in [0.3, 0.4) is 0 Å². The quantitative estimate of drug-likeness (QED) is 0.785. The number of hydrogen-bond acceptors (Lipinski definition) is 6. The zero-order valence-corrected chi connectivity index (χ0v) is 11.6. The smallest absolute Gasteiger partial charge is 0.295 e. The van der Waals surface area contributed by atoms with E-state index in [1.807, 2.05) is 0 Å². The van der Waals surface area contributed by atoms with Gasteiger partial charge in [-0.15, -0.1) is 0 Å². The number of methoxy groups -OCH3 is 1. The molecule has 0 aliphatic rings. The van der Waals surface area contributed by atoms with Gasteiger partial charge in [0.05, 0.1) is 18.2 Å². The molecule has 102 valence electrons. The Balaban J connectivity index is 2.95. The second-order valence-electron chi connectivity index (χ2n) is 4.50. The molecule has 0 unspecified atom stereocenters. The molecule has 0 bridgehead atoms. The van der Waals surface area contributed by atoms with Gasteiger partial charge in [-0.05, 0) is 13.8 Å². The third kappa shape index (κ3) is 3.00. The highest BCUT2D eigenvalue weighted by Gasteiger charge is 2.30. The van der Waals surface area contributed by atoms with E-state index >= 15 is 0 Å². The largest absolute Gasteiger partial charge is 0.489 e. The predicted molar refractivity (Wildman–Crippen MR) is 68.8 cm³/mol. The molecule has 0 aromatic carbocycles. The van der Waals surface area contributed by atoms with E-state index in [-0.39, 0.29) is 18.1 Å². The van der Waals surface area contributed by atoms with Crippen LogP contribution < -0.4 is 15.6 Å². The third-order valence-corrected chi connectivity index (χ3v) is 4.85. The first kappa shape index (κ1) is 14.5. The van der Waals surface area contributed by atoms with Crippen molar-refractivity contribution in [2.24, 2.45) is 0 Å². The van der Waals surface area contributed by atoms with Crippen molar-refractivity contribution in [3.05, 3.63) is 16.7 Å². The molecule has 0 fully saturated rings. The zero-order valence-electron chi connectivity index (χ0n) is 10.8. The highest BCUT2D eigenvalue weighted by Crippen LogP contribution is 2.19. The molecule has 0 radical (unpaired) electrons. The number of sulfone groups is 1. The van der Waals surface area contributed by atoms with Crippen molar-refractivity contribution in [1.82, 2.24) is 9.97 Å².